The molecule has 0 bridgehead atoms. The van der Waals surface area contributed by atoms with E-state index in [1.54, 1.807) is 43.3 Å². The van der Waals surface area contributed by atoms with Gasteiger partial charge in [0.2, 0.25) is 0 Å². The molecule has 0 aliphatic carbocycles. The van der Waals surface area contributed by atoms with Crippen LogP contribution in [0.1, 0.15) is 14.7 Å². The van der Waals surface area contributed by atoms with Crippen molar-refractivity contribution < 1.29 is 9.72 Å². The lowest BCUT2D eigenvalue weighted by atomic mass is 10.1. The number of carbonyl (C=O) groups excluding carboxylic acids is 1. The number of amides is 1. The Hall–Kier alpha value is -2.77. The summed E-state index contributed by atoms with van der Waals surface area (Å²) in [7, 11) is 0. The second kappa shape index (κ2) is 7.00. The number of hydrogen-bond acceptors (Lipinski definition) is 5. The van der Waals surface area contributed by atoms with Gasteiger partial charge in [-0.25, -0.2) is 4.98 Å². The highest BCUT2D eigenvalue weighted by atomic mass is 35.5. The van der Waals surface area contributed by atoms with Gasteiger partial charge in [-0.1, -0.05) is 11.6 Å². The smallest absolute Gasteiger partial charge is 0.269 e. The van der Waals surface area contributed by atoms with Gasteiger partial charge in [0.1, 0.15) is 4.88 Å². The predicted molar refractivity (Wildman–Crippen MR) is 98.3 cm³/mol. The van der Waals surface area contributed by atoms with Crippen molar-refractivity contribution in [2.24, 2.45) is 0 Å². The van der Waals surface area contributed by atoms with E-state index in [2.05, 4.69) is 10.3 Å². The lowest BCUT2D eigenvalue weighted by molar-refractivity contribution is -0.384. The molecule has 1 heterocycles. The molecular weight excluding hydrogens is 362 g/mol. The minimum Gasteiger partial charge on any atom is -0.321 e. The van der Waals surface area contributed by atoms with Gasteiger partial charge >= 0.3 is 0 Å². The summed E-state index contributed by atoms with van der Waals surface area (Å²) in [6, 6.07) is 12.8. The van der Waals surface area contributed by atoms with E-state index in [0.29, 0.717) is 26.8 Å². The highest BCUT2D eigenvalue weighted by molar-refractivity contribution is 7.14. The molecule has 0 saturated heterocycles. The van der Waals surface area contributed by atoms with Crippen molar-refractivity contribution in [3.63, 3.8) is 0 Å². The van der Waals surface area contributed by atoms with Crippen LogP contribution in [-0.2, 0) is 0 Å². The van der Waals surface area contributed by atoms with Crippen LogP contribution in [0.4, 0.5) is 11.4 Å². The molecule has 1 N–H and O–H groups in total. The van der Waals surface area contributed by atoms with Crippen molar-refractivity contribution in [1.29, 1.82) is 0 Å². The highest BCUT2D eigenvalue weighted by Gasteiger charge is 2.19. The number of thiazole rings is 1. The third-order valence-electron chi connectivity index (χ3n) is 3.39. The van der Waals surface area contributed by atoms with E-state index >= 15 is 0 Å². The van der Waals surface area contributed by atoms with Gasteiger partial charge in [0.15, 0.2) is 0 Å². The van der Waals surface area contributed by atoms with E-state index in [4.69, 9.17) is 11.6 Å². The summed E-state index contributed by atoms with van der Waals surface area (Å²) in [6.07, 6.45) is 0. The number of aromatic nitrogens is 1. The van der Waals surface area contributed by atoms with E-state index in [0.717, 1.165) is 5.01 Å². The molecule has 126 valence electrons. The van der Waals surface area contributed by atoms with Gasteiger partial charge in [-0.3, -0.25) is 14.9 Å². The maximum Gasteiger partial charge on any atom is 0.269 e. The first-order chi connectivity index (χ1) is 11.9. The average molecular weight is 374 g/mol. The van der Waals surface area contributed by atoms with Crippen LogP contribution in [0.5, 0.6) is 0 Å². The van der Waals surface area contributed by atoms with Crippen LogP contribution in [0.15, 0.2) is 48.5 Å². The van der Waals surface area contributed by atoms with Crippen molar-refractivity contribution in [3.8, 4) is 11.3 Å². The van der Waals surface area contributed by atoms with E-state index < -0.39 is 4.92 Å². The SMILES string of the molecule is Cc1nc(-c2ccc([N+](=O)[O-])cc2)c(C(=O)Nc2ccc(Cl)cc2)s1. The number of aryl methyl sites for hydroxylation is 1. The van der Waals surface area contributed by atoms with Crippen LogP contribution in [0.2, 0.25) is 5.02 Å². The Bertz CT molecular complexity index is 937. The first-order valence-electron chi connectivity index (χ1n) is 7.23. The number of carbonyl (C=O) groups is 1. The quantitative estimate of drug-likeness (QED) is 0.518. The zero-order valence-electron chi connectivity index (χ0n) is 13.0. The van der Waals surface area contributed by atoms with Gasteiger partial charge in [-0.2, -0.15) is 0 Å². The molecule has 3 rings (SSSR count). The lowest BCUT2D eigenvalue weighted by Gasteiger charge is -2.05. The number of nitro groups is 1. The largest absolute Gasteiger partial charge is 0.321 e. The summed E-state index contributed by atoms with van der Waals surface area (Å²) in [5.41, 5.74) is 1.76. The van der Waals surface area contributed by atoms with Gasteiger partial charge < -0.3 is 5.32 Å². The van der Waals surface area contributed by atoms with Gasteiger partial charge in [0.25, 0.3) is 11.6 Å². The van der Waals surface area contributed by atoms with Gasteiger partial charge in [-0.15, -0.1) is 11.3 Å². The van der Waals surface area contributed by atoms with Crippen molar-refractivity contribution in [3.05, 3.63) is 73.6 Å². The molecule has 0 atom stereocenters. The molecule has 0 aliphatic heterocycles. The zero-order chi connectivity index (χ0) is 18.0. The molecule has 0 unspecified atom stereocenters. The molecule has 1 amide bonds. The predicted octanol–water partition coefficient (Wildman–Crippen LogP) is 4.93. The van der Waals surface area contributed by atoms with E-state index in [9.17, 15) is 14.9 Å². The third-order valence-corrected chi connectivity index (χ3v) is 4.62. The number of rotatable bonds is 4. The Labute approximate surface area is 152 Å². The van der Waals surface area contributed by atoms with Crippen LogP contribution in [0.25, 0.3) is 11.3 Å². The second-order valence-corrected chi connectivity index (χ2v) is 6.82. The summed E-state index contributed by atoms with van der Waals surface area (Å²) in [6.45, 7) is 1.80. The van der Waals surface area contributed by atoms with Crippen LogP contribution >= 0.6 is 22.9 Å². The maximum atomic E-state index is 12.6. The summed E-state index contributed by atoms with van der Waals surface area (Å²) >= 11 is 7.11. The average Bonchev–Trinajstić information content (AvgIpc) is 2.99. The molecule has 8 heteroatoms. The molecule has 0 saturated carbocycles. The molecule has 2 aromatic carbocycles. The monoisotopic (exact) mass is 373 g/mol. The Morgan fingerprint density at radius 3 is 2.40 bits per heavy atom. The van der Waals surface area contributed by atoms with Crippen LogP contribution < -0.4 is 5.32 Å². The topological polar surface area (TPSA) is 85.1 Å². The number of halogens is 1. The fourth-order valence-corrected chi connectivity index (χ4v) is 3.20. The van der Waals surface area contributed by atoms with Gasteiger partial charge in [-0.05, 0) is 43.3 Å². The van der Waals surface area contributed by atoms with Gasteiger partial charge in [0.05, 0.1) is 15.6 Å². The highest BCUT2D eigenvalue weighted by Crippen LogP contribution is 2.30. The minimum atomic E-state index is -0.468. The van der Waals surface area contributed by atoms with Gasteiger partial charge in [0, 0.05) is 28.4 Å². The third kappa shape index (κ3) is 3.84. The zero-order valence-corrected chi connectivity index (χ0v) is 14.6. The number of hydrogen-bond donors (Lipinski definition) is 1. The fraction of sp³-hybridized carbons (Fsp3) is 0.0588. The molecular formula is C17H12ClN3O3S. The van der Waals surface area contributed by atoms with Crippen molar-refractivity contribution >= 4 is 40.2 Å². The molecule has 0 spiro atoms. The number of nitrogens with zero attached hydrogens (tertiary/aromatic N) is 2. The number of anilines is 1. The molecule has 1 aromatic heterocycles. The van der Waals surface area contributed by atoms with E-state index in [1.165, 1.54) is 23.5 Å². The number of nitro benzene ring substituents is 1. The number of benzene rings is 2. The summed E-state index contributed by atoms with van der Waals surface area (Å²) in [5, 5.41) is 14.9. The molecule has 0 fully saturated rings. The Morgan fingerprint density at radius 2 is 1.80 bits per heavy atom. The molecule has 0 aliphatic rings. The van der Waals surface area contributed by atoms with Crippen LogP contribution in [-0.4, -0.2) is 15.8 Å². The van der Waals surface area contributed by atoms with E-state index in [-0.39, 0.29) is 11.6 Å². The fourth-order valence-electron chi connectivity index (χ4n) is 2.24. The van der Waals surface area contributed by atoms with Crippen molar-refractivity contribution in [2.45, 2.75) is 6.92 Å². The summed E-state index contributed by atoms with van der Waals surface area (Å²) in [5.74, 6) is -0.290. The number of nitrogens with one attached hydrogen (secondary N) is 1. The van der Waals surface area contributed by atoms with Crippen molar-refractivity contribution in [2.75, 3.05) is 5.32 Å². The first-order valence-corrected chi connectivity index (χ1v) is 8.42. The molecule has 25 heavy (non-hydrogen) atoms. The summed E-state index contributed by atoms with van der Waals surface area (Å²) < 4.78 is 0. The minimum absolute atomic E-state index is 0.0112. The standard InChI is InChI=1S/C17H12ClN3O3S/c1-10-19-15(11-2-8-14(9-3-11)21(23)24)16(25-10)17(22)20-13-6-4-12(18)5-7-13/h2-9H,1H3,(H,20,22). The number of non-ortho nitro benzene ring substituents is 1. The van der Waals surface area contributed by atoms with Crippen LogP contribution in [0, 0.1) is 17.0 Å². The van der Waals surface area contributed by atoms with Crippen molar-refractivity contribution in [1.82, 2.24) is 4.98 Å². The second-order valence-electron chi connectivity index (χ2n) is 5.18. The molecule has 3 aromatic rings. The first kappa shape index (κ1) is 17.1. The molecule has 0 radical (unpaired) electrons. The molecule has 6 nitrogen and oxygen atoms in total. The Kier molecular flexibility index (Phi) is 4.78. The van der Waals surface area contributed by atoms with E-state index in [1.807, 2.05) is 0 Å². The summed E-state index contributed by atoms with van der Waals surface area (Å²) in [4.78, 5) is 27.7. The maximum absolute atomic E-state index is 12.6. The lowest BCUT2D eigenvalue weighted by Crippen LogP contribution is -2.11. The van der Waals surface area contributed by atoms with Crippen LogP contribution in [0.3, 0.4) is 0 Å². The normalized spacial score (nSPS) is 10.5. The Morgan fingerprint density at radius 1 is 1.16 bits per heavy atom. The Balaban J connectivity index is 1.91.